The van der Waals surface area contributed by atoms with Crippen LogP contribution in [0.25, 0.3) is 16.9 Å². The van der Waals surface area contributed by atoms with Crippen molar-refractivity contribution in [3.05, 3.63) is 102 Å². The van der Waals surface area contributed by atoms with Crippen molar-refractivity contribution >= 4 is 5.69 Å². The zero-order valence-corrected chi connectivity index (χ0v) is 23.0. The Labute approximate surface area is 233 Å². The molecule has 1 aliphatic carbocycles. The number of anilines is 1. The molecule has 4 aromatic rings. The minimum absolute atomic E-state index is 0.730. The Morgan fingerprint density at radius 3 is 2.08 bits per heavy atom. The minimum Gasteiger partial charge on any atom is -0.369 e. The van der Waals surface area contributed by atoms with Gasteiger partial charge in [0.1, 0.15) is 0 Å². The Bertz CT molecular complexity index is 1280. The molecule has 1 N–H and O–H groups in total. The lowest BCUT2D eigenvalue weighted by atomic mass is 9.84. The summed E-state index contributed by atoms with van der Waals surface area (Å²) in [5.41, 5.74) is 7.41. The molecule has 1 saturated heterocycles. The topological polar surface area (TPSA) is 36.3 Å². The summed E-state index contributed by atoms with van der Waals surface area (Å²) in [6.45, 7) is 7.21. The summed E-state index contributed by atoms with van der Waals surface area (Å²) in [7, 11) is 0. The number of aromatic nitrogens is 2. The number of piperazine rings is 1. The number of hydrogen-bond acceptors (Lipinski definition) is 4. The van der Waals surface area contributed by atoms with Gasteiger partial charge in [-0.3, -0.25) is 4.90 Å². The normalized spacial score (nSPS) is 17.0. The van der Waals surface area contributed by atoms with Crippen molar-refractivity contribution in [3.63, 3.8) is 0 Å². The van der Waals surface area contributed by atoms with E-state index in [2.05, 4.69) is 111 Å². The van der Waals surface area contributed by atoms with Crippen LogP contribution in [0.15, 0.2) is 91.0 Å². The molecular formula is C34H41N5. The Morgan fingerprint density at radius 1 is 0.718 bits per heavy atom. The number of benzene rings is 3. The number of hydrogen-bond donors (Lipinski definition) is 1. The molecule has 0 amide bonds. The molecule has 5 nitrogen and oxygen atoms in total. The third-order valence-corrected chi connectivity index (χ3v) is 8.45. The second kappa shape index (κ2) is 12.6. The second-order valence-corrected chi connectivity index (χ2v) is 11.1. The van der Waals surface area contributed by atoms with Crippen molar-refractivity contribution in [2.45, 2.75) is 44.6 Å². The lowest BCUT2D eigenvalue weighted by Crippen LogP contribution is -2.48. The Morgan fingerprint density at radius 2 is 1.38 bits per heavy atom. The van der Waals surface area contributed by atoms with Crippen LogP contribution in [0.5, 0.6) is 0 Å². The fourth-order valence-electron chi connectivity index (χ4n) is 6.17. The molecule has 0 unspecified atom stereocenters. The van der Waals surface area contributed by atoms with Crippen LogP contribution in [0.4, 0.5) is 5.69 Å². The summed E-state index contributed by atoms with van der Waals surface area (Å²) >= 11 is 0. The van der Waals surface area contributed by atoms with Crippen LogP contribution in [0.1, 0.15) is 49.3 Å². The van der Waals surface area contributed by atoms with Gasteiger partial charge in [-0.1, -0.05) is 79.9 Å². The van der Waals surface area contributed by atoms with Gasteiger partial charge in [0.15, 0.2) is 0 Å². The van der Waals surface area contributed by atoms with Gasteiger partial charge in [0, 0.05) is 57.1 Å². The van der Waals surface area contributed by atoms with E-state index < -0.39 is 0 Å². The molecule has 39 heavy (non-hydrogen) atoms. The van der Waals surface area contributed by atoms with E-state index in [0.29, 0.717) is 0 Å². The third kappa shape index (κ3) is 6.43. The molecule has 2 fully saturated rings. The van der Waals surface area contributed by atoms with Crippen LogP contribution in [0.2, 0.25) is 0 Å². The van der Waals surface area contributed by atoms with Crippen molar-refractivity contribution < 1.29 is 0 Å². The minimum atomic E-state index is 0.730. The van der Waals surface area contributed by atoms with E-state index >= 15 is 0 Å². The largest absolute Gasteiger partial charge is 0.369 e. The van der Waals surface area contributed by atoms with Crippen LogP contribution in [0, 0.1) is 0 Å². The first kappa shape index (κ1) is 25.8. The predicted octanol–water partition coefficient (Wildman–Crippen LogP) is 6.50. The SMILES string of the molecule is c1ccc(N2CCN(CCNCc3cc(-c4ccc(C5CCCCC5)cc4)n(-c4ccccc4)n3)CC2)cc1. The molecule has 2 heterocycles. The average molecular weight is 520 g/mol. The fourth-order valence-corrected chi connectivity index (χ4v) is 6.17. The lowest BCUT2D eigenvalue weighted by Gasteiger charge is -2.36. The van der Waals surface area contributed by atoms with E-state index in [4.69, 9.17) is 5.10 Å². The Kier molecular flexibility index (Phi) is 8.37. The number of para-hydroxylation sites is 2. The van der Waals surface area contributed by atoms with E-state index in [1.165, 1.54) is 48.9 Å². The van der Waals surface area contributed by atoms with Crippen molar-refractivity contribution in [1.29, 1.82) is 0 Å². The van der Waals surface area contributed by atoms with Crippen molar-refractivity contribution in [1.82, 2.24) is 20.0 Å². The number of rotatable bonds is 9. The van der Waals surface area contributed by atoms with Gasteiger partial charge < -0.3 is 10.2 Å². The van der Waals surface area contributed by atoms with Crippen molar-refractivity contribution in [3.8, 4) is 16.9 Å². The highest BCUT2D eigenvalue weighted by atomic mass is 15.3. The monoisotopic (exact) mass is 519 g/mol. The summed E-state index contributed by atoms with van der Waals surface area (Å²) < 4.78 is 2.11. The molecule has 2 aliphatic rings. The molecule has 1 aliphatic heterocycles. The van der Waals surface area contributed by atoms with Gasteiger partial charge >= 0.3 is 0 Å². The van der Waals surface area contributed by atoms with E-state index in [9.17, 15) is 0 Å². The standard InChI is InChI=1S/C34H41N5/c1-4-10-28(11-5-1)29-16-18-30(19-17-29)34-26-31(36-39(34)33-14-8-3-9-15-33)27-35-20-21-37-22-24-38(25-23-37)32-12-6-2-7-13-32/h2-3,6-9,12-19,26,28,35H,1,4-5,10-11,20-25,27H2. The van der Waals surface area contributed by atoms with E-state index in [0.717, 1.165) is 68.8 Å². The predicted molar refractivity (Wildman–Crippen MR) is 162 cm³/mol. The molecule has 0 spiro atoms. The average Bonchev–Trinajstić information content (AvgIpc) is 3.45. The second-order valence-electron chi connectivity index (χ2n) is 11.1. The Hall–Kier alpha value is -3.41. The van der Waals surface area contributed by atoms with Gasteiger partial charge in [-0.2, -0.15) is 5.10 Å². The highest BCUT2D eigenvalue weighted by Gasteiger charge is 2.18. The van der Waals surface area contributed by atoms with Crippen LogP contribution in [-0.2, 0) is 6.54 Å². The molecule has 6 rings (SSSR count). The smallest absolute Gasteiger partial charge is 0.0773 e. The first-order valence-corrected chi connectivity index (χ1v) is 14.8. The van der Waals surface area contributed by atoms with Gasteiger partial charge in [0.05, 0.1) is 17.1 Å². The quantitative estimate of drug-likeness (QED) is 0.256. The highest BCUT2D eigenvalue weighted by Crippen LogP contribution is 2.34. The number of nitrogens with zero attached hydrogens (tertiary/aromatic N) is 4. The molecule has 5 heteroatoms. The molecule has 202 valence electrons. The molecule has 1 saturated carbocycles. The van der Waals surface area contributed by atoms with Crippen LogP contribution >= 0.6 is 0 Å². The molecule has 0 bridgehead atoms. The van der Waals surface area contributed by atoms with Crippen LogP contribution in [-0.4, -0.2) is 53.9 Å². The summed E-state index contributed by atoms with van der Waals surface area (Å²) in [5, 5.41) is 8.69. The molecule has 3 aromatic carbocycles. The van der Waals surface area contributed by atoms with Gasteiger partial charge in [-0.05, 0) is 54.7 Å². The summed E-state index contributed by atoms with van der Waals surface area (Å²) in [5.74, 6) is 0.730. The first-order chi connectivity index (χ1) is 19.3. The molecule has 1 aromatic heterocycles. The Balaban J connectivity index is 1.07. The van der Waals surface area contributed by atoms with Gasteiger partial charge in [0.25, 0.3) is 0 Å². The maximum Gasteiger partial charge on any atom is 0.0773 e. The van der Waals surface area contributed by atoms with E-state index in [1.807, 2.05) is 0 Å². The van der Waals surface area contributed by atoms with Crippen LogP contribution in [0.3, 0.4) is 0 Å². The molecule has 0 atom stereocenters. The lowest BCUT2D eigenvalue weighted by molar-refractivity contribution is 0.257. The van der Waals surface area contributed by atoms with E-state index in [-0.39, 0.29) is 0 Å². The van der Waals surface area contributed by atoms with Crippen LogP contribution < -0.4 is 10.2 Å². The first-order valence-electron chi connectivity index (χ1n) is 14.8. The number of nitrogens with one attached hydrogen (secondary N) is 1. The fraction of sp³-hybridized carbons (Fsp3) is 0.382. The maximum absolute atomic E-state index is 5.03. The summed E-state index contributed by atoms with van der Waals surface area (Å²) in [4.78, 5) is 5.05. The zero-order valence-electron chi connectivity index (χ0n) is 23.0. The molecular weight excluding hydrogens is 478 g/mol. The van der Waals surface area contributed by atoms with Crippen molar-refractivity contribution in [2.75, 3.05) is 44.2 Å². The molecule has 0 radical (unpaired) electrons. The zero-order chi connectivity index (χ0) is 26.3. The van der Waals surface area contributed by atoms with Gasteiger partial charge in [-0.25, -0.2) is 4.68 Å². The van der Waals surface area contributed by atoms with E-state index in [1.54, 1.807) is 0 Å². The third-order valence-electron chi connectivity index (χ3n) is 8.45. The highest BCUT2D eigenvalue weighted by molar-refractivity contribution is 5.63. The van der Waals surface area contributed by atoms with Crippen molar-refractivity contribution in [2.24, 2.45) is 0 Å². The van der Waals surface area contributed by atoms with Gasteiger partial charge in [-0.15, -0.1) is 0 Å². The summed E-state index contributed by atoms with van der Waals surface area (Å²) in [6.07, 6.45) is 6.80. The summed E-state index contributed by atoms with van der Waals surface area (Å²) in [6, 6.07) is 32.8. The van der Waals surface area contributed by atoms with Gasteiger partial charge in [0.2, 0.25) is 0 Å². The maximum atomic E-state index is 5.03.